The van der Waals surface area contributed by atoms with E-state index in [9.17, 15) is 5.11 Å². The minimum absolute atomic E-state index is 0.0817. The summed E-state index contributed by atoms with van der Waals surface area (Å²) in [6.07, 6.45) is 0. The first-order valence-corrected chi connectivity index (χ1v) is 10.5. The number of aryl methyl sites for hydroxylation is 3. The highest BCUT2D eigenvalue weighted by Gasteiger charge is 2.18. The number of hydrogen-bond acceptors (Lipinski definition) is 3. The van der Waals surface area contributed by atoms with Gasteiger partial charge >= 0.3 is 0 Å². The quantitative estimate of drug-likeness (QED) is 0.674. The van der Waals surface area contributed by atoms with E-state index in [1.807, 2.05) is 73.6 Å². The van der Waals surface area contributed by atoms with Crippen LogP contribution in [-0.4, -0.2) is 16.7 Å². The average Bonchev–Trinajstić information content (AvgIpc) is 2.45. The predicted molar refractivity (Wildman–Crippen MR) is 119 cm³/mol. The van der Waals surface area contributed by atoms with Crippen molar-refractivity contribution in [2.75, 3.05) is 0 Å². The van der Waals surface area contributed by atoms with Crippen molar-refractivity contribution in [2.45, 2.75) is 73.5 Å². The van der Waals surface area contributed by atoms with E-state index in [-0.39, 0.29) is 16.7 Å². The Bertz CT molecular complexity index is 861. The van der Waals surface area contributed by atoms with E-state index in [0.717, 1.165) is 27.7 Å². The number of ether oxygens (including phenoxy) is 2. The van der Waals surface area contributed by atoms with Gasteiger partial charge < -0.3 is 14.6 Å². The zero-order valence-corrected chi connectivity index (χ0v) is 19.5. The van der Waals surface area contributed by atoms with Crippen molar-refractivity contribution >= 4 is 19.0 Å². The van der Waals surface area contributed by atoms with Gasteiger partial charge in [-0.1, -0.05) is 25.9 Å². The van der Waals surface area contributed by atoms with Crippen LogP contribution in [0.15, 0.2) is 30.3 Å². The summed E-state index contributed by atoms with van der Waals surface area (Å²) < 4.78 is 12.2. The third-order valence-electron chi connectivity index (χ3n) is 3.88. The molecule has 0 aliphatic heterocycles. The minimum atomic E-state index is -0.372. The predicted octanol–water partition coefficient (Wildman–Crippen LogP) is 5.08. The van der Waals surface area contributed by atoms with Gasteiger partial charge in [0.15, 0.2) is 0 Å². The summed E-state index contributed by atoms with van der Waals surface area (Å²) >= 11 is 0. The van der Waals surface area contributed by atoms with Crippen molar-refractivity contribution in [3.05, 3.63) is 52.6 Å². The van der Waals surface area contributed by atoms with E-state index < -0.39 is 0 Å². The van der Waals surface area contributed by atoms with Crippen molar-refractivity contribution in [2.24, 2.45) is 0 Å². The average molecular weight is 399 g/mol. The fourth-order valence-electron chi connectivity index (χ4n) is 3.10. The fourth-order valence-corrected chi connectivity index (χ4v) is 4.15. The lowest BCUT2D eigenvalue weighted by Crippen LogP contribution is -2.27. The first-order chi connectivity index (χ1) is 12.7. The molecule has 0 bridgehead atoms. The molecule has 0 aliphatic rings. The lowest BCUT2D eigenvalue weighted by Gasteiger charge is -2.26. The molecule has 0 aliphatic carbocycles. The van der Waals surface area contributed by atoms with E-state index in [4.69, 9.17) is 9.47 Å². The molecule has 0 N–H and O–H groups in total. The Morgan fingerprint density at radius 1 is 0.821 bits per heavy atom. The summed E-state index contributed by atoms with van der Waals surface area (Å²) in [5.74, 6) is 1.42. The van der Waals surface area contributed by atoms with Crippen molar-refractivity contribution in [3.63, 3.8) is 0 Å². The molecule has 28 heavy (non-hydrogen) atoms. The summed E-state index contributed by atoms with van der Waals surface area (Å²) in [5, 5.41) is 13.9. The van der Waals surface area contributed by atoms with Gasteiger partial charge in [0.1, 0.15) is 22.7 Å². The molecule has 0 spiro atoms. The second kappa shape index (κ2) is 8.27. The fraction of sp³-hybridized carbons (Fsp3) is 0.458. The summed E-state index contributed by atoms with van der Waals surface area (Å²) in [7, 11) is 0.600. The molecular weight excluding hydrogens is 367 g/mol. The Labute approximate surface area is 171 Å². The Morgan fingerprint density at radius 3 is 1.86 bits per heavy atom. The molecule has 0 aromatic heterocycles. The van der Waals surface area contributed by atoms with Gasteiger partial charge in [-0.05, 0) is 91.1 Å². The molecule has 2 aromatic rings. The van der Waals surface area contributed by atoms with E-state index in [1.165, 1.54) is 5.56 Å². The van der Waals surface area contributed by atoms with Gasteiger partial charge in [0.25, 0.3) is 0 Å². The van der Waals surface area contributed by atoms with Crippen molar-refractivity contribution < 1.29 is 14.6 Å². The topological polar surface area (TPSA) is 41.5 Å². The van der Waals surface area contributed by atoms with Crippen LogP contribution in [0.2, 0.25) is 0 Å². The van der Waals surface area contributed by atoms with Crippen LogP contribution in [-0.2, 0) is 0 Å². The van der Waals surface area contributed by atoms with Crippen LogP contribution < -0.4 is 19.9 Å². The molecule has 0 radical (unpaired) electrons. The molecule has 0 saturated heterocycles. The maximum atomic E-state index is 13.1. The van der Waals surface area contributed by atoms with Crippen LogP contribution in [0.25, 0.3) is 0 Å². The Hall–Kier alpha value is -1.83. The SMILES string of the molecule is Cc1cc(C)c(C([O-])=Pc2ccc(OC(C)(C)C)cc2OC(C)(C)C)c(C)c1. The van der Waals surface area contributed by atoms with Crippen molar-refractivity contribution in [3.8, 4) is 11.5 Å². The second-order valence-corrected chi connectivity index (χ2v) is 10.4. The molecular formula is C24H32O3P-. The molecule has 4 heteroatoms. The molecule has 2 aromatic carbocycles. The highest BCUT2D eigenvalue weighted by atomic mass is 31.1. The summed E-state index contributed by atoms with van der Waals surface area (Å²) in [6, 6.07) is 9.85. The zero-order valence-electron chi connectivity index (χ0n) is 18.6. The largest absolute Gasteiger partial charge is 0.823 e. The monoisotopic (exact) mass is 399 g/mol. The molecule has 3 nitrogen and oxygen atoms in total. The summed E-state index contributed by atoms with van der Waals surface area (Å²) in [5.41, 5.74) is 3.40. The Kier molecular flexibility index (Phi) is 6.63. The molecule has 0 fully saturated rings. The number of rotatable bonds is 4. The molecule has 2 rings (SSSR count). The molecule has 0 atom stereocenters. The van der Waals surface area contributed by atoms with Gasteiger partial charge in [-0.15, -0.1) is 5.48 Å². The van der Waals surface area contributed by atoms with Crippen molar-refractivity contribution in [1.29, 1.82) is 0 Å². The molecule has 0 saturated carbocycles. The first kappa shape index (κ1) is 22.5. The minimum Gasteiger partial charge on any atom is -0.823 e. The van der Waals surface area contributed by atoms with Crippen LogP contribution >= 0.6 is 8.20 Å². The van der Waals surface area contributed by atoms with Crippen LogP contribution in [0.1, 0.15) is 63.8 Å². The summed E-state index contributed by atoms with van der Waals surface area (Å²) in [6.45, 7) is 18.1. The zero-order chi connectivity index (χ0) is 21.3. The molecule has 0 amide bonds. The lowest BCUT2D eigenvalue weighted by molar-refractivity contribution is -0.207. The Morgan fingerprint density at radius 2 is 1.36 bits per heavy atom. The highest BCUT2D eigenvalue weighted by molar-refractivity contribution is 7.49. The van der Waals surface area contributed by atoms with Gasteiger partial charge in [-0.3, -0.25) is 0 Å². The van der Waals surface area contributed by atoms with E-state index >= 15 is 0 Å². The van der Waals surface area contributed by atoms with Gasteiger partial charge in [0.2, 0.25) is 0 Å². The summed E-state index contributed by atoms with van der Waals surface area (Å²) in [4.78, 5) is 0. The van der Waals surface area contributed by atoms with Gasteiger partial charge in [-0.2, -0.15) is 0 Å². The van der Waals surface area contributed by atoms with Crippen LogP contribution in [0.4, 0.5) is 0 Å². The van der Waals surface area contributed by atoms with E-state index in [1.54, 1.807) is 0 Å². The number of benzene rings is 2. The number of hydrogen-bond donors (Lipinski definition) is 0. The maximum absolute atomic E-state index is 13.1. The van der Waals surface area contributed by atoms with Crippen molar-refractivity contribution in [1.82, 2.24) is 0 Å². The van der Waals surface area contributed by atoms with Crippen LogP contribution in [0.5, 0.6) is 11.5 Å². The van der Waals surface area contributed by atoms with Gasteiger partial charge in [0.05, 0.1) is 0 Å². The Balaban J connectivity index is 2.53. The van der Waals surface area contributed by atoms with Crippen LogP contribution in [0.3, 0.4) is 0 Å². The second-order valence-electron chi connectivity index (χ2n) is 9.25. The van der Waals surface area contributed by atoms with E-state index in [0.29, 0.717) is 14.0 Å². The van der Waals surface area contributed by atoms with Gasteiger partial charge in [0, 0.05) is 11.4 Å². The maximum Gasteiger partial charge on any atom is 0.135 e. The third-order valence-corrected chi connectivity index (χ3v) is 4.92. The highest BCUT2D eigenvalue weighted by Crippen LogP contribution is 2.28. The first-order valence-electron chi connectivity index (χ1n) is 9.61. The normalized spacial score (nSPS) is 12.9. The van der Waals surface area contributed by atoms with Gasteiger partial charge in [-0.25, -0.2) is 0 Å². The van der Waals surface area contributed by atoms with E-state index in [2.05, 4.69) is 19.1 Å². The molecule has 0 unspecified atom stereocenters. The molecule has 0 heterocycles. The molecule has 152 valence electrons. The third kappa shape index (κ3) is 6.36. The standard InChI is InChI=1S/C24H33O3P/c1-15-12-16(2)21(17(3)13-15)22(25)28-20-11-10-18(26-23(4,5)6)14-19(20)27-24(7,8)9/h10-14,25H,1-9H3/p-1. The lowest BCUT2D eigenvalue weighted by atomic mass is 10.0. The smallest absolute Gasteiger partial charge is 0.135 e. The van der Waals surface area contributed by atoms with Crippen LogP contribution in [0, 0.1) is 20.8 Å².